The van der Waals surface area contributed by atoms with Gasteiger partial charge in [0.1, 0.15) is 0 Å². The third-order valence-electron chi connectivity index (χ3n) is 2.65. The lowest BCUT2D eigenvalue weighted by atomic mass is 9.78. The van der Waals surface area contributed by atoms with Crippen LogP contribution in [0.15, 0.2) is 0 Å². The number of hydrogen-bond donors (Lipinski definition) is 1. The van der Waals surface area contributed by atoms with Crippen molar-refractivity contribution in [3.63, 3.8) is 0 Å². The van der Waals surface area contributed by atoms with Gasteiger partial charge in [0, 0.05) is 19.3 Å². The fraction of sp³-hybridized carbons (Fsp3) is 1.00. The molecule has 2 atom stereocenters. The number of hydrogen-bond acceptors (Lipinski definition) is 2. The number of rotatable bonds is 0. The molecule has 1 saturated heterocycles. The summed E-state index contributed by atoms with van der Waals surface area (Å²) in [6.07, 6.45) is 3.75. The highest BCUT2D eigenvalue weighted by Gasteiger charge is 2.30. The molecule has 0 radical (unpaired) electrons. The molecular weight excluding hydrogens is 126 g/mol. The highest BCUT2D eigenvalue weighted by atomic mass is 16.5. The molecule has 0 aromatic heterocycles. The molecule has 1 saturated carbocycles. The van der Waals surface area contributed by atoms with E-state index < -0.39 is 0 Å². The Bertz CT molecular complexity index is 110. The molecule has 1 heterocycles. The third-order valence-corrected chi connectivity index (χ3v) is 2.65. The first-order chi connectivity index (χ1) is 4.84. The lowest BCUT2D eigenvalue weighted by Crippen LogP contribution is -2.39. The molecule has 1 aliphatic heterocycles. The normalized spacial score (nSPS) is 47.1. The highest BCUT2D eigenvalue weighted by molar-refractivity contribution is 4.83. The summed E-state index contributed by atoms with van der Waals surface area (Å²) in [5.74, 6) is 1.56. The SMILES string of the molecule is NC1CC2COCC(C1)C2. The van der Waals surface area contributed by atoms with Crippen molar-refractivity contribution in [1.29, 1.82) is 0 Å². The van der Waals surface area contributed by atoms with Crippen LogP contribution >= 0.6 is 0 Å². The second kappa shape index (κ2) is 2.51. The van der Waals surface area contributed by atoms with Crippen LogP contribution in [0.2, 0.25) is 0 Å². The van der Waals surface area contributed by atoms with Crippen LogP contribution in [0.4, 0.5) is 0 Å². The molecule has 0 amide bonds. The summed E-state index contributed by atoms with van der Waals surface area (Å²) in [5, 5.41) is 0. The standard InChI is InChI=1S/C8H15NO/c9-8-2-6-1-7(3-8)5-10-4-6/h6-8H,1-5,9H2. The highest BCUT2D eigenvalue weighted by Crippen LogP contribution is 2.32. The van der Waals surface area contributed by atoms with Gasteiger partial charge in [0.2, 0.25) is 0 Å². The van der Waals surface area contributed by atoms with Crippen molar-refractivity contribution < 1.29 is 4.74 Å². The molecule has 0 aromatic carbocycles. The molecule has 2 aliphatic rings. The Morgan fingerprint density at radius 2 is 1.60 bits per heavy atom. The molecule has 0 spiro atoms. The Hall–Kier alpha value is -0.0800. The summed E-state index contributed by atoms with van der Waals surface area (Å²) in [6.45, 7) is 1.93. The van der Waals surface area contributed by atoms with Gasteiger partial charge < -0.3 is 10.5 Å². The Balaban J connectivity index is 1.98. The Morgan fingerprint density at radius 3 is 2.20 bits per heavy atom. The van der Waals surface area contributed by atoms with Crippen molar-refractivity contribution in [2.75, 3.05) is 13.2 Å². The molecule has 2 nitrogen and oxygen atoms in total. The third kappa shape index (κ3) is 1.18. The maximum atomic E-state index is 5.87. The predicted octanol–water partition coefficient (Wildman–Crippen LogP) is 0.760. The van der Waals surface area contributed by atoms with E-state index >= 15 is 0 Å². The molecule has 2 rings (SSSR count). The molecule has 2 fully saturated rings. The van der Waals surface area contributed by atoms with Crippen LogP contribution in [0.25, 0.3) is 0 Å². The molecule has 10 heavy (non-hydrogen) atoms. The Labute approximate surface area is 61.7 Å². The zero-order chi connectivity index (χ0) is 6.97. The molecule has 2 unspecified atom stereocenters. The van der Waals surface area contributed by atoms with Gasteiger partial charge in [-0.05, 0) is 31.1 Å². The molecule has 2 heteroatoms. The smallest absolute Gasteiger partial charge is 0.0495 e. The second-order valence-electron chi connectivity index (χ2n) is 3.74. The van der Waals surface area contributed by atoms with E-state index in [2.05, 4.69) is 0 Å². The predicted molar refractivity (Wildman–Crippen MR) is 39.6 cm³/mol. The average Bonchev–Trinajstić information content (AvgIpc) is 1.85. The van der Waals surface area contributed by atoms with E-state index in [9.17, 15) is 0 Å². The summed E-state index contributed by atoms with van der Waals surface area (Å²) >= 11 is 0. The van der Waals surface area contributed by atoms with Gasteiger partial charge in [-0.2, -0.15) is 0 Å². The molecule has 2 N–H and O–H groups in total. The van der Waals surface area contributed by atoms with Crippen LogP contribution in [0.1, 0.15) is 19.3 Å². The molecule has 58 valence electrons. The van der Waals surface area contributed by atoms with Gasteiger partial charge in [-0.3, -0.25) is 0 Å². The van der Waals surface area contributed by atoms with E-state index in [4.69, 9.17) is 10.5 Å². The summed E-state index contributed by atoms with van der Waals surface area (Å²) in [6, 6.07) is 0.465. The Kier molecular flexibility index (Phi) is 1.66. The minimum Gasteiger partial charge on any atom is -0.381 e. The van der Waals surface area contributed by atoms with E-state index in [1.54, 1.807) is 0 Å². The fourth-order valence-corrected chi connectivity index (χ4v) is 2.29. The number of fused-ring (bicyclic) bond motifs is 2. The van der Waals surface area contributed by atoms with Crippen molar-refractivity contribution in [3.05, 3.63) is 0 Å². The lowest BCUT2D eigenvalue weighted by Gasteiger charge is -2.37. The lowest BCUT2D eigenvalue weighted by molar-refractivity contribution is -0.0150. The first-order valence-corrected chi connectivity index (χ1v) is 4.18. The zero-order valence-electron chi connectivity index (χ0n) is 6.25. The van der Waals surface area contributed by atoms with Crippen LogP contribution < -0.4 is 5.73 Å². The van der Waals surface area contributed by atoms with E-state index in [0.29, 0.717) is 6.04 Å². The first kappa shape index (κ1) is 6.62. The van der Waals surface area contributed by atoms with Crippen LogP contribution in [-0.2, 0) is 4.74 Å². The summed E-state index contributed by atoms with van der Waals surface area (Å²) in [5.41, 5.74) is 5.87. The van der Waals surface area contributed by atoms with Crippen molar-refractivity contribution in [2.24, 2.45) is 17.6 Å². The van der Waals surface area contributed by atoms with E-state index in [0.717, 1.165) is 25.0 Å². The molecule has 0 aromatic rings. The van der Waals surface area contributed by atoms with Crippen LogP contribution in [0.5, 0.6) is 0 Å². The first-order valence-electron chi connectivity index (χ1n) is 4.18. The quantitative estimate of drug-likeness (QED) is 0.540. The largest absolute Gasteiger partial charge is 0.381 e. The maximum Gasteiger partial charge on any atom is 0.0495 e. The molecule has 1 aliphatic carbocycles. The summed E-state index contributed by atoms with van der Waals surface area (Å²) in [4.78, 5) is 0. The number of nitrogens with two attached hydrogens (primary N) is 1. The van der Waals surface area contributed by atoms with Crippen LogP contribution in [0.3, 0.4) is 0 Å². The van der Waals surface area contributed by atoms with Gasteiger partial charge >= 0.3 is 0 Å². The van der Waals surface area contributed by atoms with E-state index in [-0.39, 0.29) is 0 Å². The summed E-state index contributed by atoms with van der Waals surface area (Å²) in [7, 11) is 0. The van der Waals surface area contributed by atoms with E-state index in [1.807, 2.05) is 0 Å². The van der Waals surface area contributed by atoms with Crippen molar-refractivity contribution in [2.45, 2.75) is 25.3 Å². The van der Waals surface area contributed by atoms with Crippen molar-refractivity contribution in [3.8, 4) is 0 Å². The molecular formula is C8H15NO. The van der Waals surface area contributed by atoms with Gasteiger partial charge in [-0.15, -0.1) is 0 Å². The maximum absolute atomic E-state index is 5.87. The topological polar surface area (TPSA) is 35.2 Å². The average molecular weight is 141 g/mol. The summed E-state index contributed by atoms with van der Waals surface area (Å²) < 4.78 is 5.43. The zero-order valence-corrected chi connectivity index (χ0v) is 6.25. The van der Waals surface area contributed by atoms with Gasteiger partial charge in [-0.25, -0.2) is 0 Å². The van der Waals surface area contributed by atoms with Crippen molar-refractivity contribution in [1.82, 2.24) is 0 Å². The van der Waals surface area contributed by atoms with Gasteiger partial charge in [0.25, 0.3) is 0 Å². The fourth-order valence-electron chi connectivity index (χ4n) is 2.29. The Morgan fingerprint density at radius 1 is 1.00 bits per heavy atom. The molecule has 2 bridgehead atoms. The monoisotopic (exact) mass is 141 g/mol. The minimum atomic E-state index is 0.465. The van der Waals surface area contributed by atoms with Gasteiger partial charge in [0.15, 0.2) is 0 Å². The van der Waals surface area contributed by atoms with Crippen LogP contribution in [0, 0.1) is 11.8 Å². The minimum absolute atomic E-state index is 0.465. The second-order valence-corrected chi connectivity index (χ2v) is 3.74. The van der Waals surface area contributed by atoms with Gasteiger partial charge in [-0.1, -0.05) is 0 Å². The van der Waals surface area contributed by atoms with Crippen LogP contribution in [-0.4, -0.2) is 19.3 Å². The van der Waals surface area contributed by atoms with Gasteiger partial charge in [0.05, 0.1) is 0 Å². The number of ether oxygens (including phenoxy) is 1. The van der Waals surface area contributed by atoms with E-state index in [1.165, 1.54) is 19.3 Å². The van der Waals surface area contributed by atoms with Crippen molar-refractivity contribution >= 4 is 0 Å².